The molecule has 160 valence electrons. The number of rotatable bonds is 7. The summed E-state index contributed by atoms with van der Waals surface area (Å²) in [7, 11) is -3.75. The van der Waals surface area contributed by atoms with Crippen molar-refractivity contribution in [2.45, 2.75) is 37.8 Å². The number of benzene rings is 3. The maximum absolute atomic E-state index is 13.1. The molecular weight excluding hydrogens is 428 g/mol. The van der Waals surface area contributed by atoms with Gasteiger partial charge in [-0.2, -0.15) is 0 Å². The minimum absolute atomic E-state index is 0.104. The smallest absolute Gasteiger partial charge is 0.294 e. The Morgan fingerprint density at radius 3 is 2.42 bits per heavy atom. The van der Waals surface area contributed by atoms with Crippen LogP contribution in [0.4, 0.5) is 0 Å². The number of aryl methyl sites for hydroxylation is 1. The molecule has 0 bridgehead atoms. The van der Waals surface area contributed by atoms with Crippen LogP contribution in [0.5, 0.6) is 0 Å². The summed E-state index contributed by atoms with van der Waals surface area (Å²) in [5, 5.41) is 0. The Bertz CT molecular complexity index is 1370. The van der Waals surface area contributed by atoms with E-state index in [0.29, 0.717) is 17.7 Å². The molecule has 0 aliphatic rings. The summed E-state index contributed by atoms with van der Waals surface area (Å²) in [5.41, 5.74) is 3.77. The van der Waals surface area contributed by atoms with Gasteiger partial charge in [0.1, 0.15) is 0 Å². The molecule has 7 heteroatoms. The summed E-state index contributed by atoms with van der Waals surface area (Å²) in [6, 6.07) is 22.1. The van der Waals surface area contributed by atoms with E-state index >= 15 is 0 Å². The average molecular weight is 453 g/mol. The first-order valence-electron chi connectivity index (χ1n) is 10.1. The van der Waals surface area contributed by atoms with Crippen molar-refractivity contribution in [1.82, 2.24) is 9.29 Å². The fourth-order valence-corrected chi connectivity index (χ4v) is 6.06. The minimum atomic E-state index is -3.75. The molecule has 1 heterocycles. The molecule has 0 saturated carbocycles. The van der Waals surface area contributed by atoms with Crippen LogP contribution in [0.3, 0.4) is 0 Å². The van der Waals surface area contributed by atoms with E-state index in [-0.39, 0.29) is 15.8 Å². The van der Waals surface area contributed by atoms with Crippen molar-refractivity contribution in [2.24, 2.45) is 0 Å². The fraction of sp³-hybridized carbons (Fsp3) is 0.208. The van der Waals surface area contributed by atoms with Crippen molar-refractivity contribution in [3.8, 4) is 0 Å². The quantitative estimate of drug-likeness (QED) is 0.436. The Balaban J connectivity index is 1.66. The van der Waals surface area contributed by atoms with E-state index in [2.05, 4.69) is 4.72 Å². The fourth-order valence-electron chi connectivity index (χ4n) is 3.73. The van der Waals surface area contributed by atoms with Gasteiger partial charge in [-0.05, 0) is 48.2 Å². The molecule has 0 amide bonds. The molecule has 1 atom stereocenters. The second-order valence-corrected chi connectivity index (χ2v) is 10.2. The van der Waals surface area contributed by atoms with Gasteiger partial charge in [0.25, 0.3) is 0 Å². The summed E-state index contributed by atoms with van der Waals surface area (Å²) < 4.78 is 31.4. The SMILES string of the molecule is CCC(NS(=O)(=O)c1ccc2c(c1)sc(=O)n2Cc1ccccc1)c1ccccc1C. The predicted octanol–water partition coefficient (Wildman–Crippen LogP) is 4.85. The van der Waals surface area contributed by atoms with Crippen molar-refractivity contribution >= 4 is 31.6 Å². The van der Waals surface area contributed by atoms with Crippen LogP contribution < -0.4 is 9.60 Å². The van der Waals surface area contributed by atoms with E-state index in [1.165, 1.54) is 0 Å². The van der Waals surface area contributed by atoms with E-state index in [9.17, 15) is 13.2 Å². The van der Waals surface area contributed by atoms with E-state index in [4.69, 9.17) is 0 Å². The Hall–Kier alpha value is -2.74. The van der Waals surface area contributed by atoms with Crippen molar-refractivity contribution < 1.29 is 8.42 Å². The van der Waals surface area contributed by atoms with E-state index in [0.717, 1.165) is 33.5 Å². The molecule has 3 aromatic carbocycles. The van der Waals surface area contributed by atoms with Gasteiger partial charge in [0, 0.05) is 6.04 Å². The molecule has 0 aliphatic heterocycles. The van der Waals surface area contributed by atoms with Gasteiger partial charge in [-0.25, -0.2) is 13.1 Å². The number of nitrogens with zero attached hydrogens (tertiary/aromatic N) is 1. The standard InChI is InChI=1S/C24H24N2O3S2/c1-3-21(20-12-8-7-9-17(20)2)25-31(28,29)19-13-14-22-23(15-19)30-24(27)26(22)16-18-10-5-4-6-11-18/h4-15,21,25H,3,16H2,1-2H3. The van der Waals surface area contributed by atoms with Gasteiger partial charge >= 0.3 is 4.87 Å². The van der Waals surface area contributed by atoms with E-state index < -0.39 is 10.0 Å². The Labute approximate surface area is 186 Å². The lowest BCUT2D eigenvalue weighted by atomic mass is 10.0. The molecule has 1 aromatic heterocycles. The maximum atomic E-state index is 13.1. The lowest BCUT2D eigenvalue weighted by Crippen LogP contribution is -2.28. The zero-order chi connectivity index (χ0) is 22.0. The van der Waals surface area contributed by atoms with Crippen LogP contribution in [0.25, 0.3) is 10.2 Å². The third-order valence-electron chi connectivity index (χ3n) is 5.40. The Kier molecular flexibility index (Phi) is 6.09. The highest BCUT2D eigenvalue weighted by Crippen LogP contribution is 2.26. The van der Waals surface area contributed by atoms with Gasteiger partial charge in [0.05, 0.1) is 21.7 Å². The van der Waals surface area contributed by atoms with Crippen LogP contribution in [-0.2, 0) is 16.6 Å². The zero-order valence-corrected chi connectivity index (χ0v) is 19.0. The number of hydrogen-bond donors (Lipinski definition) is 1. The topological polar surface area (TPSA) is 68.2 Å². The average Bonchev–Trinajstić information content (AvgIpc) is 3.07. The van der Waals surface area contributed by atoms with Gasteiger partial charge in [-0.1, -0.05) is 72.9 Å². The lowest BCUT2D eigenvalue weighted by molar-refractivity contribution is 0.549. The van der Waals surface area contributed by atoms with E-state index in [1.807, 2.05) is 68.4 Å². The van der Waals surface area contributed by atoms with Gasteiger partial charge in [0.15, 0.2) is 0 Å². The van der Waals surface area contributed by atoms with Gasteiger partial charge in [-0.15, -0.1) is 0 Å². The molecule has 0 fully saturated rings. The number of aromatic nitrogens is 1. The maximum Gasteiger partial charge on any atom is 0.308 e. The molecule has 1 N–H and O–H groups in total. The van der Waals surface area contributed by atoms with Crippen LogP contribution in [0.2, 0.25) is 0 Å². The second-order valence-electron chi connectivity index (χ2n) is 7.51. The lowest BCUT2D eigenvalue weighted by Gasteiger charge is -2.19. The van der Waals surface area contributed by atoms with Gasteiger partial charge in [0.2, 0.25) is 10.0 Å². The number of hydrogen-bond acceptors (Lipinski definition) is 4. The molecule has 4 rings (SSSR count). The Morgan fingerprint density at radius 2 is 1.71 bits per heavy atom. The van der Waals surface area contributed by atoms with Crippen molar-refractivity contribution in [3.63, 3.8) is 0 Å². The summed E-state index contributed by atoms with van der Waals surface area (Å²) in [5.74, 6) is 0. The third-order valence-corrected chi connectivity index (χ3v) is 7.81. The second kappa shape index (κ2) is 8.78. The molecule has 0 radical (unpaired) electrons. The highest BCUT2D eigenvalue weighted by molar-refractivity contribution is 7.89. The molecule has 0 aliphatic carbocycles. The predicted molar refractivity (Wildman–Crippen MR) is 126 cm³/mol. The Morgan fingerprint density at radius 1 is 1.00 bits per heavy atom. The zero-order valence-electron chi connectivity index (χ0n) is 17.4. The summed E-state index contributed by atoms with van der Waals surface area (Å²) in [4.78, 5) is 12.6. The monoisotopic (exact) mass is 452 g/mol. The summed E-state index contributed by atoms with van der Waals surface area (Å²) >= 11 is 1.07. The van der Waals surface area contributed by atoms with Crippen molar-refractivity contribution in [2.75, 3.05) is 0 Å². The van der Waals surface area contributed by atoms with Crippen molar-refractivity contribution in [1.29, 1.82) is 0 Å². The van der Waals surface area contributed by atoms with Crippen LogP contribution >= 0.6 is 11.3 Å². The first-order chi connectivity index (χ1) is 14.9. The molecular formula is C24H24N2O3S2. The highest BCUT2D eigenvalue weighted by Gasteiger charge is 2.22. The normalized spacial score (nSPS) is 12.8. The molecule has 0 spiro atoms. The largest absolute Gasteiger partial charge is 0.308 e. The summed E-state index contributed by atoms with van der Waals surface area (Å²) in [6.07, 6.45) is 0.632. The molecule has 4 aromatic rings. The number of nitrogens with one attached hydrogen (secondary N) is 1. The number of fused-ring (bicyclic) bond motifs is 1. The first kappa shape index (κ1) is 21.5. The first-order valence-corrected chi connectivity index (χ1v) is 12.4. The van der Waals surface area contributed by atoms with Crippen LogP contribution in [0.15, 0.2) is 82.5 Å². The highest BCUT2D eigenvalue weighted by atomic mass is 32.2. The molecule has 5 nitrogen and oxygen atoms in total. The van der Waals surface area contributed by atoms with Crippen LogP contribution in [0, 0.1) is 6.92 Å². The van der Waals surface area contributed by atoms with Gasteiger partial charge in [-0.3, -0.25) is 9.36 Å². The molecule has 31 heavy (non-hydrogen) atoms. The van der Waals surface area contributed by atoms with Crippen LogP contribution in [0.1, 0.15) is 36.1 Å². The van der Waals surface area contributed by atoms with Crippen molar-refractivity contribution in [3.05, 3.63) is 99.2 Å². The number of sulfonamides is 1. The summed E-state index contributed by atoms with van der Waals surface area (Å²) in [6.45, 7) is 4.39. The minimum Gasteiger partial charge on any atom is -0.294 e. The number of thiazole rings is 1. The molecule has 1 unspecified atom stereocenters. The van der Waals surface area contributed by atoms with Crippen LogP contribution in [-0.4, -0.2) is 13.0 Å². The molecule has 0 saturated heterocycles. The van der Waals surface area contributed by atoms with Gasteiger partial charge < -0.3 is 0 Å². The third kappa shape index (κ3) is 4.49. The van der Waals surface area contributed by atoms with E-state index in [1.54, 1.807) is 22.8 Å².